The molecule has 1 aromatic heterocycles. The second-order valence-corrected chi connectivity index (χ2v) is 4.46. The van der Waals surface area contributed by atoms with E-state index in [9.17, 15) is 4.39 Å². The molecule has 0 spiro atoms. The van der Waals surface area contributed by atoms with E-state index in [2.05, 4.69) is 10.3 Å². The Balaban J connectivity index is 2.46. The number of hydrogen-bond donors (Lipinski definition) is 2. The van der Waals surface area contributed by atoms with E-state index in [1.165, 1.54) is 25.4 Å². The third kappa shape index (κ3) is 2.72. The first-order valence-corrected chi connectivity index (χ1v) is 6.20. The Morgan fingerprint density at radius 2 is 2.15 bits per heavy atom. The molecule has 0 unspecified atom stereocenters. The van der Waals surface area contributed by atoms with Gasteiger partial charge in [-0.2, -0.15) is 0 Å². The maximum atomic E-state index is 13.7. The Kier molecular flexibility index (Phi) is 4.20. The number of ether oxygens (including phenoxy) is 1. The molecule has 6 heteroatoms. The lowest BCUT2D eigenvalue weighted by Crippen LogP contribution is -2.08. The average Bonchev–Trinajstić information content (AvgIpc) is 2.46. The van der Waals surface area contributed by atoms with E-state index >= 15 is 0 Å². The Hall–Kier alpha value is -2.14. The third-order valence-corrected chi connectivity index (χ3v) is 3.01. The van der Waals surface area contributed by atoms with Crippen molar-refractivity contribution in [3.8, 4) is 5.75 Å². The second-order valence-electron chi connectivity index (χ2n) is 4.02. The van der Waals surface area contributed by atoms with Crippen LogP contribution in [0, 0.1) is 11.2 Å². The molecular weight excluding hydrogens is 281 g/mol. The van der Waals surface area contributed by atoms with Gasteiger partial charge in [0.25, 0.3) is 0 Å². The number of methoxy groups -OCH3 is 1. The minimum absolute atomic E-state index is 0.130. The van der Waals surface area contributed by atoms with Crippen LogP contribution in [0.2, 0.25) is 5.02 Å². The number of anilines is 1. The van der Waals surface area contributed by atoms with Crippen LogP contribution in [0.1, 0.15) is 11.1 Å². The summed E-state index contributed by atoms with van der Waals surface area (Å²) in [6, 6.07) is 5.97. The Morgan fingerprint density at radius 3 is 2.75 bits per heavy atom. The van der Waals surface area contributed by atoms with Gasteiger partial charge in [0.2, 0.25) is 0 Å². The number of nitrogens with zero attached hydrogens (tertiary/aromatic N) is 1. The molecule has 104 valence electrons. The molecule has 2 N–H and O–H groups in total. The summed E-state index contributed by atoms with van der Waals surface area (Å²) in [7, 11) is 3.09. The van der Waals surface area contributed by atoms with E-state index in [-0.39, 0.29) is 11.5 Å². The highest BCUT2D eigenvalue weighted by molar-refractivity contribution is 6.31. The summed E-state index contributed by atoms with van der Waals surface area (Å²) in [4.78, 5) is 4.10. The second kappa shape index (κ2) is 5.88. The summed E-state index contributed by atoms with van der Waals surface area (Å²) in [6.07, 6.45) is 1.48. The van der Waals surface area contributed by atoms with Gasteiger partial charge in [-0.25, -0.2) is 9.37 Å². The fraction of sp³-hybridized carbons (Fsp3) is 0.143. The van der Waals surface area contributed by atoms with Crippen molar-refractivity contribution in [2.75, 3.05) is 19.5 Å². The Bertz CT molecular complexity index is 661. The van der Waals surface area contributed by atoms with E-state index in [1.54, 1.807) is 19.2 Å². The minimum atomic E-state index is -0.518. The van der Waals surface area contributed by atoms with Gasteiger partial charge in [-0.3, -0.25) is 5.41 Å². The third-order valence-electron chi connectivity index (χ3n) is 2.80. The molecule has 0 aliphatic heterocycles. The van der Waals surface area contributed by atoms with Crippen molar-refractivity contribution in [1.29, 1.82) is 5.41 Å². The fourth-order valence-electron chi connectivity index (χ4n) is 1.81. The van der Waals surface area contributed by atoms with Crippen LogP contribution in [0.15, 0.2) is 30.5 Å². The predicted octanol–water partition coefficient (Wildman–Crippen LogP) is 3.34. The maximum Gasteiger partial charge on any atom is 0.165 e. The molecule has 0 bridgehead atoms. The lowest BCUT2D eigenvalue weighted by Gasteiger charge is -2.11. The number of pyridine rings is 1. The van der Waals surface area contributed by atoms with Crippen molar-refractivity contribution < 1.29 is 9.13 Å². The zero-order valence-electron chi connectivity index (χ0n) is 11.0. The molecule has 0 atom stereocenters. The lowest BCUT2D eigenvalue weighted by molar-refractivity contribution is 0.386. The molecule has 2 rings (SSSR count). The molecule has 0 saturated carbocycles. The molecule has 20 heavy (non-hydrogen) atoms. The number of nitrogens with one attached hydrogen (secondary N) is 2. The highest BCUT2D eigenvalue weighted by Crippen LogP contribution is 2.23. The first-order chi connectivity index (χ1) is 9.56. The topological polar surface area (TPSA) is 58.0 Å². The number of aromatic nitrogens is 1. The zero-order chi connectivity index (χ0) is 14.7. The molecule has 0 saturated heterocycles. The van der Waals surface area contributed by atoms with Gasteiger partial charge < -0.3 is 10.1 Å². The predicted molar refractivity (Wildman–Crippen MR) is 77.7 cm³/mol. The van der Waals surface area contributed by atoms with E-state index in [4.69, 9.17) is 21.7 Å². The molecule has 1 heterocycles. The quantitative estimate of drug-likeness (QED) is 0.850. The van der Waals surface area contributed by atoms with Crippen LogP contribution < -0.4 is 10.1 Å². The summed E-state index contributed by atoms with van der Waals surface area (Å²) >= 11 is 5.90. The summed E-state index contributed by atoms with van der Waals surface area (Å²) in [5.74, 6) is 0.131. The van der Waals surface area contributed by atoms with Gasteiger partial charge in [0.1, 0.15) is 5.82 Å². The largest absolute Gasteiger partial charge is 0.494 e. The minimum Gasteiger partial charge on any atom is -0.494 e. The zero-order valence-corrected chi connectivity index (χ0v) is 11.8. The summed E-state index contributed by atoms with van der Waals surface area (Å²) in [5.41, 5.74) is 1.05. The van der Waals surface area contributed by atoms with Gasteiger partial charge in [-0.1, -0.05) is 11.6 Å². The standard InChI is InChI=1S/C14H13ClFN3O/c1-18-14-10(6-9(15)7-19-14)13(17)8-3-4-12(20-2)11(16)5-8/h3-7,17H,1-2H3,(H,18,19). The van der Waals surface area contributed by atoms with E-state index < -0.39 is 5.82 Å². The van der Waals surface area contributed by atoms with Crippen LogP contribution in [0.4, 0.5) is 10.2 Å². The van der Waals surface area contributed by atoms with Crippen LogP contribution in [0.3, 0.4) is 0 Å². The smallest absolute Gasteiger partial charge is 0.165 e. The van der Waals surface area contributed by atoms with Crippen molar-refractivity contribution in [1.82, 2.24) is 4.98 Å². The van der Waals surface area contributed by atoms with Gasteiger partial charge in [0.15, 0.2) is 11.6 Å². The van der Waals surface area contributed by atoms with Crippen molar-refractivity contribution in [2.45, 2.75) is 0 Å². The molecule has 0 aliphatic rings. The molecule has 0 radical (unpaired) electrons. The first kappa shape index (κ1) is 14.3. The summed E-state index contributed by atoms with van der Waals surface area (Å²) < 4.78 is 18.6. The number of benzene rings is 1. The molecule has 0 fully saturated rings. The van der Waals surface area contributed by atoms with E-state index in [1.807, 2.05) is 0 Å². The molecule has 4 nitrogen and oxygen atoms in total. The van der Waals surface area contributed by atoms with Gasteiger partial charge in [0.05, 0.1) is 17.8 Å². The van der Waals surface area contributed by atoms with Crippen molar-refractivity contribution in [3.05, 3.63) is 52.4 Å². The molecule has 0 aliphatic carbocycles. The van der Waals surface area contributed by atoms with Crippen molar-refractivity contribution in [3.63, 3.8) is 0 Å². The maximum absolute atomic E-state index is 13.7. The first-order valence-electron chi connectivity index (χ1n) is 5.83. The highest BCUT2D eigenvalue weighted by Gasteiger charge is 2.13. The molecule has 0 amide bonds. The van der Waals surface area contributed by atoms with Gasteiger partial charge in [-0.05, 0) is 24.3 Å². The highest BCUT2D eigenvalue weighted by atomic mass is 35.5. The fourth-order valence-corrected chi connectivity index (χ4v) is 1.96. The number of hydrogen-bond acceptors (Lipinski definition) is 4. The van der Waals surface area contributed by atoms with Crippen LogP contribution in [-0.4, -0.2) is 24.9 Å². The normalized spacial score (nSPS) is 10.2. The lowest BCUT2D eigenvalue weighted by atomic mass is 10.0. The summed E-state index contributed by atoms with van der Waals surface area (Å²) in [5, 5.41) is 11.5. The van der Waals surface area contributed by atoms with Crippen molar-refractivity contribution in [2.24, 2.45) is 0 Å². The van der Waals surface area contributed by atoms with Crippen molar-refractivity contribution >= 4 is 23.1 Å². The molecule has 1 aromatic carbocycles. The molecular formula is C14H13ClFN3O. The van der Waals surface area contributed by atoms with E-state index in [0.29, 0.717) is 22.0 Å². The van der Waals surface area contributed by atoms with Crippen LogP contribution in [0.5, 0.6) is 5.75 Å². The Morgan fingerprint density at radius 1 is 1.40 bits per heavy atom. The van der Waals surface area contributed by atoms with Crippen LogP contribution in [0.25, 0.3) is 0 Å². The van der Waals surface area contributed by atoms with Gasteiger partial charge in [0, 0.05) is 24.4 Å². The number of halogens is 2. The van der Waals surface area contributed by atoms with Crippen LogP contribution >= 0.6 is 11.6 Å². The van der Waals surface area contributed by atoms with E-state index in [0.717, 1.165) is 0 Å². The Labute approximate surface area is 121 Å². The summed E-state index contributed by atoms with van der Waals surface area (Å²) in [6.45, 7) is 0. The molecule has 2 aromatic rings. The average molecular weight is 294 g/mol. The van der Waals surface area contributed by atoms with Gasteiger partial charge >= 0.3 is 0 Å². The van der Waals surface area contributed by atoms with Crippen LogP contribution in [-0.2, 0) is 0 Å². The SMILES string of the molecule is CNc1ncc(Cl)cc1C(=N)c1ccc(OC)c(F)c1. The number of rotatable bonds is 4. The van der Waals surface area contributed by atoms with Gasteiger partial charge in [-0.15, -0.1) is 0 Å². The monoisotopic (exact) mass is 293 g/mol.